The fraction of sp³-hybridized carbons (Fsp3) is 0.393. The maximum atomic E-state index is 13.7. The molecular formula is C28H34F3N5O6S. The summed E-state index contributed by atoms with van der Waals surface area (Å²) in [6.07, 6.45) is -2.98. The average Bonchev–Trinajstić information content (AvgIpc) is 2.90. The zero-order valence-electron chi connectivity index (χ0n) is 24.4. The number of esters is 1. The molecule has 11 nitrogen and oxygen atoms in total. The van der Waals surface area contributed by atoms with E-state index in [9.17, 15) is 26.4 Å². The van der Waals surface area contributed by atoms with Crippen LogP contribution in [-0.2, 0) is 37.0 Å². The second-order valence-corrected chi connectivity index (χ2v) is 12.4. The molecule has 43 heavy (non-hydrogen) atoms. The number of halogens is 3. The molecule has 1 heterocycles. The van der Waals surface area contributed by atoms with Gasteiger partial charge < -0.3 is 24.8 Å². The molecule has 0 aliphatic carbocycles. The van der Waals surface area contributed by atoms with Gasteiger partial charge >= 0.3 is 12.1 Å². The molecule has 0 amide bonds. The van der Waals surface area contributed by atoms with Crippen molar-refractivity contribution in [1.82, 2.24) is 9.97 Å². The second kappa shape index (κ2) is 13.9. The van der Waals surface area contributed by atoms with Gasteiger partial charge in [0.1, 0.15) is 35.9 Å². The van der Waals surface area contributed by atoms with Crippen LogP contribution < -0.4 is 19.7 Å². The normalized spacial score (nSPS) is 12.0. The Morgan fingerprint density at radius 3 is 2.37 bits per heavy atom. The summed E-state index contributed by atoms with van der Waals surface area (Å²) < 4.78 is 81.8. The third-order valence-electron chi connectivity index (χ3n) is 5.57. The number of ether oxygens (including phenoxy) is 3. The van der Waals surface area contributed by atoms with Gasteiger partial charge in [-0.3, -0.25) is 4.31 Å². The number of rotatable bonds is 13. The molecule has 234 valence electrons. The first-order valence-electron chi connectivity index (χ1n) is 13.0. The summed E-state index contributed by atoms with van der Waals surface area (Å²) in [6, 6.07) is 12.9. The highest BCUT2D eigenvalue weighted by molar-refractivity contribution is 7.92. The highest BCUT2D eigenvalue weighted by Gasteiger charge is 2.35. The van der Waals surface area contributed by atoms with E-state index in [4.69, 9.17) is 14.2 Å². The topological polar surface area (TPSA) is 132 Å². The van der Waals surface area contributed by atoms with Gasteiger partial charge in [0.15, 0.2) is 0 Å². The number of sulfonamides is 1. The monoisotopic (exact) mass is 625 g/mol. The minimum absolute atomic E-state index is 0.0570. The number of hydrogen-bond donors (Lipinski definition) is 2. The molecule has 0 fully saturated rings. The first-order valence-corrected chi connectivity index (χ1v) is 14.9. The Morgan fingerprint density at radius 1 is 1.05 bits per heavy atom. The third-order valence-corrected chi connectivity index (χ3v) is 6.78. The van der Waals surface area contributed by atoms with Gasteiger partial charge in [0.05, 0.1) is 18.6 Å². The lowest BCUT2D eigenvalue weighted by Gasteiger charge is -2.19. The molecule has 0 saturated heterocycles. The Labute approximate surface area is 248 Å². The number of hydrogen-bond acceptors (Lipinski definition) is 10. The van der Waals surface area contributed by atoms with E-state index in [-0.39, 0.29) is 32.3 Å². The summed E-state index contributed by atoms with van der Waals surface area (Å²) in [5.74, 6) is -0.493. The van der Waals surface area contributed by atoms with Crippen molar-refractivity contribution in [3.63, 3.8) is 0 Å². The standard InChI is InChI=1S/C28H34F3N5O6S/c1-27(2,3)42-24(37)18-40-13-14-41-22-11-9-20(10-12-22)34-26-33-17-23(28(29,30)31)25(35-26)32-16-19-7-6-8-21(15-19)36(4)43(5,38)39/h6-12,15,17H,13-14,16,18H2,1-5H3,(H2,32,33,34,35). The van der Waals surface area contributed by atoms with Crippen molar-refractivity contribution in [2.24, 2.45) is 0 Å². The van der Waals surface area contributed by atoms with Crippen LogP contribution in [0.15, 0.2) is 54.7 Å². The van der Waals surface area contributed by atoms with Crippen molar-refractivity contribution >= 4 is 39.1 Å². The molecule has 0 unspecified atom stereocenters. The van der Waals surface area contributed by atoms with E-state index in [0.717, 1.165) is 10.6 Å². The van der Waals surface area contributed by atoms with E-state index in [1.165, 1.54) is 7.05 Å². The van der Waals surface area contributed by atoms with Gasteiger partial charge in [0.25, 0.3) is 0 Å². The van der Waals surface area contributed by atoms with Crippen molar-refractivity contribution in [2.45, 2.75) is 39.1 Å². The smallest absolute Gasteiger partial charge is 0.421 e. The van der Waals surface area contributed by atoms with Crippen LogP contribution in [0.2, 0.25) is 0 Å². The van der Waals surface area contributed by atoms with Gasteiger partial charge in [-0.1, -0.05) is 12.1 Å². The summed E-state index contributed by atoms with van der Waals surface area (Å²) in [6.45, 7) is 5.38. The van der Waals surface area contributed by atoms with E-state index in [1.54, 1.807) is 69.3 Å². The van der Waals surface area contributed by atoms with Gasteiger partial charge in [0, 0.05) is 25.5 Å². The molecule has 3 rings (SSSR count). The summed E-state index contributed by atoms with van der Waals surface area (Å²) in [5.41, 5.74) is -0.247. The fourth-order valence-corrected chi connectivity index (χ4v) is 4.03. The van der Waals surface area contributed by atoms with Crippen molar-refractivity contribution in [3.8, 4) is 5.75 Å². The number of nitrogens with zero attached hydrogens (tertiary/aromatic N) is 3. The van der Waals surface area contributed by atoms with Crippen molar-refractivity contribution in [1.29, 1.82) is 0 Å². The first-order chi connectivity index (χ1) is 20.0. The molecule has 0 aliphatic rings. The SMILES string of the molecule is CN(c1cccc(CNc2nc(Nc3ccc(OCCOCC(=O)OC(C)(C)C)cc3)ncc2C(F)(F)F)c1)S(C)(=O)=O. The molecule has 0 bridgehead atoms. The van der Waals surface area contributed by atoms with Gasteiger partial charge in [-0.25, -0.2) is 18.2 Å². The predicted octanol–water partition coefficient (Wildman–Crippen LogP) is 4.98. The summed E-state index contributed by atoms with van der Waals surface area (Å²) >= 11 is 0. The number of alkyl halides is 3. The Kier molecular flexibility index (Phi) is 10.8. The van der Waals surface area contributed by atoms with E-state index in [0.29, 0.717) is 28.9 Å². The molecule has 1 aromatic heterocycles. The van der Waals surface area contributed by atoms with Crippen molar-refractivity contribution in [3.05, 3.63) is 65.9 Å². The molecule has 0 radical (unpaired) electrons. The van der Waals surface area contributed by atoms with Crippen molar-refractivity contribution in [2.75, 3.05) is 48.1 Å². The largest absolute Gasteiger partial charge is 0.491 e. The zero-order valence-corrected chi connectivity index (χ0v) is 25.2. The molecular weight excluding hydrogens is 591 g/mol. The highest BCUT2D eigenvalue weighted by atomic mass is 32.2. The van der Waals surface area contributed by atoms with Crippen LogP contribution >= 0.6 is 0 Å². The van der Waals surface area contributed by atoms with Gasteiger partial charge in [-0.05, 0) is 62.7 Å². The van der Waals surface area contributed by atoms with E-state index >= 15 is 0 Å². The van der Waals surface area contributed by atoms with Crippen LogP contribution in [-0.4, -0.2) is 63.1 Å². The number of carbonyl (C=O) groups excluding carboxylic acids is 1. The Bertz CT molecular complexity index is 1500. The molecule has 0 aliphatic heterocycles. The summed E-state index contributed by atoms with van der Waals surface area (Å²) in [4.78, 5) is 19.5. The third kappa shape index (κ3) is 10.9. The number of anilines is 4. The van der Waals surface area contributed by atoms with Crippen LogP contribution in [0.4, 0.5) is 36.3 Å². The zero-order chi connectivity index (χ0) is 31.8. The van der Waals surface area contributed by atoms with Gasteiger partial charge in [0.2, 0.25) is 16.0 Å². The van der Waals surface area contributed by atoms with Crippen molar-refractivity contribution < 1.29 is 40.6 Å². The van der Waals surface area contributed by atoms with E-state index in [1.807, 2.05) is 0 Å². The molecule has 15 heteroatoms. The molecule has 0 saturated carbocycles. The van der Waals surface area contributed by atoms with Crippen LogP contribution in [0.3, 0.4) is 0 Å². The lowest BCUT2D eigenvalue weighted by Crippen LogP contribution is -2.27. The number of aromatic nitrogens is 2. The molecule has 2 aromatic carbocycles. The van der Waals surface area contributed by atoms with Crippen LogP contribution in [0.25, 0.3) is 0 Å². The minimum Gasteiger partial charge on any atom is -0.491 e. The van der Waals surface area contributed by atoms with Crippen LogP contribution in [0, 0.1) is 0 Å². The number of carbonyl (C=O) groups is 1. The van der Waals surface area contributed by atoms with Crippen LogP contribution in [0.1, 0.15) is 31.9 Å². The number of nitrogens with one attached hydrogen (secondary N) is 2. The molecule has 0 atom stereocenters. The molecule has 2 N–H and O–H groups in total. The van der Waals surface area contributed by atoms with E-state index < -0.39 is 39.2 Å². The minimum atomic E-state index is -4.71. The van der Waals surface area contributed by atoms with Gasteiger partial charge in [-0.15, -0.1) is 0 Å². The predicted molar refractivity (Wildman–Crippen MR) is 156 cm³/mol. The fourth-order valence-electron chi connectivity index (χ4n) is 3.53. The Hall–Kier alpha value is -4.11. The maximum absolute atomic E-state index is 13.7. The van der Waals surface area contributed by atoms with Crippen LogP contribution in [0.5, 0.6) is 5.75 Å². The number of benzene rings is 2. The summed E-state index contributed by atoms with van der Waals surface area (Å²) in [5, 5.41) is 5.55. The van der Waals surface area contributed by atoms with E-state index in [2.05, 4.69) is 20.6 Å². The molecule has 3 aromatic rings. The lowest BCUT2D eigenvalue weighted by molar-refractivity contribution is -0.160. The Morgan fingerprint density at radius 2 is 1.74 bits per heavy atom. The maximum Gasteiger partial charge on any atom is 0.421 e. The lowest BCUT2D eigenvalue weighted by atomic mass is 10.2. The second-order valence-electron chi connectivity index (χ2n) is 10.3. The van der Waals surface area contributed by atoms with Gasteiger partial charge in [-0.2, -0.15) is 18.2 Å². The highest BCUT2D eigenvalue weighted by Crippen LogP contribution is 2.34. The summed E-state index contributed by atoms with van der Waals surface area (Å²) in [7, 11) is -2.13. The quantitative estimate of drug-likeness (QED) is 0.198. The first kappa shape index (κ1) is 33.4. The molecule has 0 spiro atoms. The average molecular weight is 626 g/mol. The Balaban J connectivity index is 1.61.